The number of fused-ring (bicyclic) bond motifs is 2. The zero-order valence-corrected chi connectivity index (χ0v) is 31.3. The lowest BCUT2D eigenvalue weighted by Gasteiger charge is -2.40. The third-order valence-corrected chi connectivity index (χ3v) is 11.0. The molecule has 2 amide bonds. The molecule has 0 unspecified atom stereocenters. The van der Waals surface area contributed by atoms with Gasteiger partial charge in [0.1, 0.15) is 11.4 Å². The van der Waals surface area contributed by atoms with Crippen molar-refractivity contribution < 1.29 is 28.6 Å². The number of halogens is 1. The van der Waals surface area contributed by atoms with Crippen molar-refractivity contribution in [3.63, 3.8) is 0 Å². The molecule has 55 heavy (non-hydrogen) atoms. The first-order chi connectivity index (χ1) is 26.6. The van der Waals surface area contributed by atoms with Crippen LogP contribution in [0.15, 0.2) is 91.3 Å². The minimum Gasteiger partial charge on any atom is -0.508 e. The topological polar surface area (TPSA) is 105 Å². The molecule has 6 aromatic rings. The Labute approximate surface area is 318 Å². The number of benzene rings is 3. The second-order valence-electron chi connectivity index (χ2n) is 14.3. The Balaban J connectivity index is 1.21. The van der Waals surface area contributed by atoms with Gasteiger partial charge in [0.15, 0.2) is 11.6 Å². The summed E-state index contributed by atoms with van der Waals surface area (Å²) >= 11 is 0. The van der Waals surface area contributed by atoms with Gasteiger partial charge in [0.25, 0.3) is 11.8 Å². The summed E-state index contributed by atoms with van der Waals surface area (Å²) in [6, 6.07) is 22.8. The number of phenolic OH excluding ortho intramolecular Hbond substituents is 1. The number of pyridine rings is 1. The molecule has 0 bridgehead atoms. The minimum absolute atomic E-state index is 0.0138. The summed E-state index contributed by atoms with van der Waals surface area (Å²) in [6.07, 6.45) is 4.23. The van der Waals surface area contributed by atoms with Crippen molar-refractivity contribution in [3.8, 4) is 22.8 Å². The minimum atomic E-state index is -0.652. The highest BCUT2D eigenvalue weighted by Gasteiger charge is 2.35. The smallest absolute Gasteiger partial charge is 0.264 e. The highest BCUT2D eigenvalue weighted by atomic mass is 19.1. The molecular formula is C43H43FN6O5. The summed E-state index contributed by atoms with van der Waals surface area (Å²) in [4.78, 5) is 40.1. The Morgan fingerprint density at radius 3 is 2.45 bits per heavy atom. The molecular weight excluding hydrogens is 700 g/mol. The van der Waals surface area contributed by atoms with Crippen LogP contribution in [-0.4, -0.2) is 86.8 Å². The lowest BCUT2D eigenvalue weighted by Crippen LogP contribution is -2.52. The van der Waals surface area contributed by atoms with Crippen molar-refractivity contribution in [2.75, 3.05) is 44.9 Å². The Hall–Kier alpha value is -5.98. The molecule has 2 aliphatic heterocycles. The number of aryl methyl sites for hydroxylation is 1. The van der Waals surface area contributed by atoms with E-state index < -0.39 is 5.82 Å². The number of nitrogens with zero attached hydrogens (tertiary/aromatic N) is 6. The van der Waals surface area contributed by atoms with Crippen LogP contribution in [0.4, 0.5) is 15.8 Å². The number of rotatable bonds is 8. The van der Waals surface area contributed by atoms with E-state index in [2.05, 4.69) is 16.0 Å². The molecule has 3 aromatic carbocycles. The summed E-state index contributed by atoms with van der Waals surface area (Å²) < 4.78 is 30.5. The summed E-state index contributed by atoms with van der Waals surface area (Å²) in [6.45, 7) is 5.72. The number of hydrogen-bond acceptors (Lipinski definition) is 7. The molecule has 0 aliphatic carbocycles. The van der Waals surface area contributed by atoms with Gasteiger partial charge < -0.3 is 28.6 Å². The maximum absolute atomic E-state index is 15.7. The predicted octanol–water partition coefficient (Wildman–Crippen LogP) is 6.62. The monoisotopic (exact) mass is 742 g/mol. The standard InChI is InChI=1S/C43H43FN6O5/c1-27-35(43(53)50(31-9-11-34(51)12-10-31)32-20-29-13-14-46(2)41(29)45-24-32)22-39(47(27)3)36-23-40(54-4)38(44)21-37(36)42(52)49-25-30-8-6-5-7-28(30)19-33(49)26-48-15-17-55-18-16-48/h5-14,20-24,33,51H,15-19,25-26H2,1-4H3/t33-/m0/s1. The Morgan fingerprint density at radius 2 is 1.71 bits per heavy atom. The normalized spacial score (nSPS) is 15.9. The SMILES string of the molecule is COc1cc(-c2cc(C(=O)N(c3ccc(O)cc3)c3cnc4c(ccn4C)c3)c(C)n2C)c(C(=O)N2Cc3ccccc3C[C@H]2CN2CCOCC2)cc1F. The first kappa shape index (κ1) is 36.0. The Morgan fingerprint density at radius 1 is 0.964 bits per heavy atom. The van der Waals surface area contributed by atoms with Gasteiger partial charge >= 0.3 is 0 Å². The first-order valence-electron chi connectivity index (χ1n) is 18.4. The van der Waals surface area contributed by atoms with Crippen LogP contribution in [-0.2, 0) is 31.8 Å². The van der Waals surface area contributed by atoms with E-state index in [1.165, 1.54) is 30.9 Å². The molecule has 0 radical (unpaired) electrons. The number of amides is 2. The Kier molecular flexibility index (Phi) is 9.62. The number of phenols is 1. The summed E-state index contributed by atoms with van der Waals surface area (Å²) in [7, 11) is 5.12. The van der Waals surface area contributed by atoms with Gasteiger partial charge in [-0.3, -0.25) is 19.4 Å². The van der Waals surface area contributed by atoms with Crippen LogP contribution in [0.25, 0.3) is 22.3 Å². The molecule has 2 aliphatic rings. The van der Waals surface area contributed by atoms with E-state index in [0.717, 1.165) is 29.7 Å². The lowest BCUT2D eigenvalue weighted by molar-refractivity contribution is 0.0193. The number of aromatic hydroxyl groups is 1. The van der Waals surface area contributed by atoms with E-state index in [9.17, 15) is 14.7 Å². The average molecular weight is 743 g/mol. The van der Waals surface area contributed by atoms with Gasteiger partial charge in [-0.1, -0.05) is 24.3 Å². The van der Waals surface area contributed by atoms with Gasteiger partial charge in [-0.25, -0.2) is 9.37 Å². The number of hydrogen-bond donors (Lipinski definition) is 1. The molecule has 1 fully saturated rings. The summed E-state index contributed by atoms with van der Waals surface area (Å²) in [5.41, 5.74) is 6.28. The number of morpholine rings is 1. The second-order valence-corrected chi connectivity index (χ2v) is 14.3. The molecule has 0 spiro atoms. The van der Waals surface area contributed by atoms with Crippen LogP contribution < -0.4 is 9.64 Å². The zero-order chi connectivity index (χ0) is 38.4. The first-order valence-corrected chi connectivity index (χ1v) is 18.4. The molecule has 12 heteroatoms. The highest BCUT2D eigenvalue weighted by molar-refractivity contribution is 6.13. The van der Waals surface area contributed by atoms with Crippen LogP contribution in [0.2, 0.25) is 0 Å². The quantitative estimate of drug-likeness (QED) is 0.187. The predicted molar refractivity (Wildman–Crippen MR) is 208 cm³/mol. The molecule has 1 N–H and O–H groups in total. The van der Waals surface area contributed by atoms with E-state index in [1.807, 2.05) is 71.6 Å². The van der Waals surface area contributed by atoms with Crippen molar-refractivity contribution in [3.05, 3.63) is 125 Å². The Bertz CT molecular complexity index is 2410. The van der Waals surface area contributed by atoms with Crippen LogP contribution in [0.1, 0.15) is 37.5 Å². The molecule has 3 aromatic heterocycles. The maximum Gasteiger partial charge on any atom is 0.264 e. The van der Waals surface area contributed by atoms with Gasteiger partial charge in [0.05, 0.1) is 43.3 Å². The van der Waals surface area contributed by atoms with E-state index >= 15 is 4.39 Å². The highest BCUT2D eigenvalue weighted by Crippen LogP contribution is 2.38. The molecule has 11 nitrogen and oxygen atoms in total. The maximum atomic E-state index is 15.7. The number of carbonyl (C=O) groups is 2. The number of methoxy groups -OCH3 is 1. The summed E-state index contributed by atoms with van der Waals surface area (Å²) in [5, 5.41) is 11.0. The van der Waals surface area contributed by atoms with E-state index in [1.54, 1.807) is 35.4 Å². The average Bonchev–Trinajstić information content (AvgIpc) is 3.72. The van der Waals surface area contributed by atoms with Crippen molar-refractivity contribution >= 4 is 34.2 Å². The molecule has 0 saturated carbocycles. The van der Waals surface area contributed by atoms with Gasteiger partial charge in [-0.2, -0.15) is 0 Å². The molecule has 1 saturated heterocycles. The van der Waals surface area contributed by atoms with E-state index in [0.29, 0.717) is 66.6 Å². The zero-order valence-electron chi connectivity index (χ0n) is 31.3. The molecule has 1 atom stereocenters. The van der Waals surface area contributed by atoms with Gasteiger partial charge in [-0.05, 0) is 79.1 Å². The van der Waals surface area contributed by atoms with Crippen molar-refractivity contribution in [2.24, 2.45) is 14.1 Å². The second kappa shape index (κ2) is 14.7. The fourth-order valence-corrected chi connectivity index (χ4v) is 7.87. The molecule has 8 rings (SSSR count). The van der Waals surface area contributed by atoms with Crippen molar-refractivity contribution in [2.45, 2.75) is 25.9 Å². The third kappa shape index (κ3) is 6.72. The van der Waals surface area contributed by atoms with Crippen LogP contribution in [0.3, 0.4) is 0 Å². The molecule has 282 valence electrons. The van der Waals surface area contributed by atoms with Crippen molar-refractivity contribution in [1.29, 1.82) is 0 Å². The number of ether oxygens (including phenoxy) is 2. The third-order valence-electron chi connectivity index (χ3n) is 11.0. The lowest BCUT2D eigenvalue weighted by atomic mass is 9.92. The van der Waals surface area contributed by atoms with E-state index in [4.69, 9.17) is 9.47 Å². The number of carbonyl (C=O) groups excluding carboxylic acids is 2. The van der Waals surface area contributed by atoms with Crippen molar-refractivity contribution in [1.82, 2.24) is 23.9 Å². The van der Waals surface area contributed by atoms with Gasteiger partial charge in [0, 0.05) is 80.5 Å². The van der Waals surface area contributed by atoms with Gasteiger partial charge in [-0.15, -0.1) is 0 Å². The number of aromatic nitrogens is 3. The largest absolute Gasteiger partial charge is 0.508 e. The fraction of sp³-hybridized carbons (Fsp3) is 0.279. The number of anilines is 2. The van der Waals surface area contributed by atoms with Crippen LogP contribution in [0.5, 0.6) is 11.5 Å². The van der Waals surface area contributed by atoms with E-state index in [-0.39, 0.29) is 34.9 Å². The van der Waals surface area contributed by atoms with Gasteiger partial charge in [0.2, 0.25) is 0 Å². The van der Waals surface area contributed by atoms with Crippen LogP contribution >= 0.6 is 0 Å². The fourth-order valence-electron chi connectivity index (χ4n) is 7.87. The van der Waals surface area contributed by atoms with Crippen LogP contribution in [0, 0.1) is 12.7 Å². The molecule has 5 heterocycles. The summed E-state index contributed by atoms with van der Waals surface area (Å²) in [5.74, 6) is -1.24.